The van der Waals surface area contributed by atoms with Gasteiger partial charge in [0.2, 0.25) is 0 Å². The van der Waals surface area contributed by atoms with Crippen LogP contribution in [0.4, 0.5) is 5.69 Å². The Kier molecular flexibility index (Phi) is 3.57. The summed E-state index contributed by atoms with van der Waals surface area (Å²) in [4.78, 5) is 16.2. The van der Waals surface area contributed by atoms with E-state index in [1.807, 2.05) is 18.2 Å². The molecule has 92 valence electrons. The highest BCUT2D eigenvalue weighted by Crippen LogP contribution is 2.20. The summed E-state index contributed by atoms with van der Waals surface area (Å²) < 4.78 is 5.04. The van der Waals surface area contributed by atoms with Crippen molar-refractivity contribution in [1.29, 1.82) is 0 Å². The van der Waals surface area contributed by atoms with Crippen LogP contribution in [-0.2, 0) is 6.42 Å². The second-order valence-corrected chi connectivity index (χ2v) is 3.87. The number of hydrogen-bond acceptors (Lipinski definition) is 4. The van der Waals surface area contributed by atoms with E-state index in [2.05, 4.69) is 4.98 Å². The number of carbonyl (C=O) groups excluding carboxylic acids is 1. The van der Waals surface area contributed by atoms with E-state index in [1.165, 1.54) is 0 Å². The SMILES string of the molecule is COc1ccc(C(=O)Cc2ccccn2)c(N)c1. The first kappa shape index (κ1) is 12.1. The van der Waals surface area contributed by atoms with Crippen molar-refractivity contribution < 1.29 is 9.53 Å². The number of methoxy groups -OCH3 is 1. The molecule has 18 heavy (non-hydrogen) atoms. The van der Waals surface area contributed by atoms with Gasteiger partial charge in [-0.3, -0.25) is 9.78 Å². The molecule has 2 N–H and O–H groups in total. The van der Waals surface area contributed by atoms with Crippen LogP contribution in [0.2, 0.25) is 0 Å². The quantitative estimate of drug-likeness (QED) is 0.658. The van der Waals surface area contributed by atoms with Gasteiger partial charge in [-0.2, -0.15) is 0 Å². The Labute approximate surface area is 105 Å². The second kappa shape index (κ2) is 5.31. The number of aromatic nitrogens is 1. The lowest BCUT2D eigenvalue weighted by atomic mass is 10.0. The molecule has 2 aromatic rings. The zero-order valence-corrected chi connectivity index (χ0v) is 10.1. The molecule has 1 aromatic heterocycles. The van der Waals surface area contributed by atoms with E-state index >= 15 is 0 Å². The molecule has 0 saturated heterocycles. The lowest BCUT2D eigenvalue weighted by Crippen LogP contribution is -2.08. The smallest absolute Gasteiger partial charge is 0.170 e. The van der Waals surface area contributed by atoms with Gasteiger partial charge in [0.25, 0.3) is 0 Å². The van der Waals surface area contributed by atoms with Crippen molar-refractivity contribution in [2.45, 2.75) is 6.42 Å². The van der Waals surface area contributed by atoms with Crippen molar-refractivity contribution in [3.63, 3.8) is 0 Å². The number of carbonyl (C=O) groups is 1. The molecule has 0 aliphatic rings. The molecule has 0 saturated carbocycles. The number of nitrogens with two attached hydrogens (primary N) is 1. The van der Waals surface area contributed by atoms with Crippen molar-refractivity contribution >= 4 is 11.5 Å². The Balaban J connectivity index is 2.19. The standard InChI is InChI=1S/C14H14N2O2/c1-18-11-5-6-12(13(15)9-11)14(17)8-10-4-2-3-7-16-10/h2-7,9H,8,15H2,1H3. The number of anilines is 1. The van der Waals surface area contributed by atoms with Crippen LogP contribution in [0.25, 0.3) is 0 Å². The summed E-state index contributed by atoms with van der Waals surface area (Å²) in [7, 11) is 1.56. The summed E-state index contributed by atoms with van der Waals surface area (Å²) >= 11 is 0. The first-order valence-corrected chi connectivity index (χ1v) is 5.57. The molecular weight excluding hydrogens is 228 g/mol. The summed E-state index contributed by atoms with van der Waals surface area (Å²) in [6.07, 6.45) is 1.91. The summed E-state index contributed by atoms with van der Waals surface area (Å²) in [5, 5.41) is 0. The number of Topliss-reactive ketones (excluding diaryl/α,β-unsaturated/α-hetero) is 1. The van der Waals surface area contributed by atoms with Crippen LogP contribution in [0.15, 0.2) is 42.6 Å². The highest BCUT2D eigenvalue weighted by atomic mass is 16.5. The summed E-state index contributed by atoms with van der Waals surface area (Å²) in [5.41, 5.74) is 7.49. The number of pyridine rings is 1. The third-order valence-corrected chi connectivity index (χ3v) is 2.63. The fourth-order valence-corrected chi connectivity index (χ4v) is 1.68. The van der Waals surface area contributed by atoms with Crippen LogP contribution in [0.1, 0.15) is 16.1 Å². The highest BCUT2D eigenvalue weighted by Gasteiger charge is 2.11. The first-order valence-electron chi connectivity index (χ1n) is 5.57. The molecule has 0 radical (unpaired) electrons. The molecule has 0 fully saturated rings. The Morgan fingerprint density at radius 3 is 2.78 bits per heavy atom. The Hall–Kier alpha value is -2.36. The van der Waals surface area contributed by atoms with Crippen molar-refractivity contribution in [2.24, 2.45) is 0 Å². The van der Waals surface area contributed by atoms with E-state index in [9.17, 15) is 4.79 Å². The minimum Gasteiger partial charge on any atom is -0.497 e. The second-order valence-electron chi connectivity index (χ2n) is 3.87. The van der Waals surface area contributed by atoms with Gasteiger partial charge < -0.3 is 10.5 Å². The molecule has 1 heterocycles. The summed E-state index contributed by atoms with van der Waals surface area (Å²) in [6, 6.07) is 10.5. The maximum atomic E-state index is 12.1. The fourth-order valence-electron chi connectivity index (χ4n) is 1.68. The predicted octanol–water partition coefficient (Wildman–Crippen LogP) is 2.10. The van der Waals surface area contributed by atoms with E-state index in [0.717, 1.165) is 5.69 Å². The predicted molar refractivity (Wildman–Crippen MR) is 69.7 cm³/mol. The van der Waals surface area contributed by atoms with Gasteiger partial charge in [0.1, 0.15) is 5.75 Å². The number of ether oxygens (including phenoxy) is 1. The van der Waals surface area contributed by atoms with Gasteiger partial charge in [-0.25, -0.2) is 0 Å². The van der Waals surface area contributed by atoms with Crippen molar-refractivity contribution in [2.75, 3.05) is 12.8 Å². The van der Waals surface area contributed by atoms with E-state index < -0.39 is 0 Å². The molecule has 4 nitrogen and oxygen atoms in total. The molecular formula is C14H14N2O2. The lowest BCUT2D eigenvalue weighted by molar-refractivity contribution is 0.0993. The van der Waals surface area contributed by atoms with Gasteiger partial charge in [0, 0.05) is 29.2 Å². The average molecular weight is 242 g/mol. The molecule has 0 aliphatic carbocycles. The maximum absolute atomic E-state index is 12.1. The minimum absolute atomic E-state index is 0.0474. The normalized spacial score (nSPS) is 10.1. The van der Waals surface area contributed by atoms with Crippen LogP contribution in [0.5, 0.6) is 5.75 Å². The molecule has 2 rings (SSSR count). The topological polar surface area (TPSA) is 65.2 Å². The van der Waals surface area contributed by atoms with Gasteiger partial charge >= 0.3 is 0 Å². The van der Waals surface area contributed by atoms with Crippen LogP contribution in [0.3, 0.4) is 0 Å². The zero-order chi connectivity index (χ0) is 13.0. The number of rotatable bonds is 4. The summed E-state index contributed by atoms with van der Waals surface area (Å²) in [5.74, 6) is 0.593. The van der Waals surface area contributed by atoms with Gasteiger partial charge in [-0.1, -0.05) is 6.07 Å². The van der Waals surface area contributed by atoms with Gasteiger partial charge in [-0.05, 0) is 24.3 Å². The zero-order valence-electron chi connectivity index (χ0n) is 10.1. The molecule has 0 atom stereocenters. The number of hydrogen-bond donors (Lipinski definition) is 1. The molecule has 0 unspecified atom stereocenters. The van der Waals surface area contributed by atoms with Crippen LogP contribution in [0, 0.1) is 0 Å². The largest absolute Gasteiger partial charge is 0.497 e. The summed E-state index contributed by atoms with van der Waals surface area (Å²) in [6.45, 7) is 0. The van der Waals surface area contributed by atoms with Gasteiger partial charge in [0.05, 0.1) is 13.5 Å². The molecule has 0 amide bonds. The van der Waals surface area contributed by atoms with E-state index in [0.29, 0.717) is 17.0 Å². The Morgan fingerprint density at radius 2 is 2.17 bits per heavy atom. The molecule has 4 heteroatoms. The lowest BCUT2D eigenvalue weighted by Gasteiger charge is -2.06. The van der Waals surface area contributed by atoms with Gasteiger partial charge in [0.15, 0.2) is 5.78 Å². The van der Waals surface area contributed by atoms with Crippen LogP contribution >= 0.6 is 0 Å². The maximum Gasteiger partial charge on any atom is 0.170 e. The van der Waals surface area contributed by atoms with E-state index in [1.54, 1.807) is 31.5 Å². The average Bonchev–Trinajstić information content (AvgIpc) is 2.39. The third-order valence-electron chi connectivity index (χ3n) is 2.63. The third kappa shape index (κ3) is 2.66. The number of benzene rings is 1. The first-order chi connectivity index (χ1) is 8.70. The van der Waals surface area contributed by atoms with Crippen LogP contribution in [-0.4, -0.2) is 17.9 Å². The van der Waals surface area contributed by atoms with E-state index in [-0.39, 0.29) is 12.2 Å². The monoisotopic (exact) mass is 242 g/mol. The minimum atomic E-state index is -0.0474. The number of nitrogens with zero attached hydrogens (tertiary/aromatic N) is 1. The molecule has 0 bridgehead atoms. The van der Waals surface area contributed by atoms with Crippen molar-refractivity contribution in [3.05, 3.63) is 53.9 Å². The fraction of sp³-hybridized carbons (Fsp3) is 0.143. The molecule has 0 aliphatic heterocycles. The molecule has 0 spiro atoms. The van der Waals surface area contributed by atoms with E-state index in [4.69, 9.17) is 10.5 Å². The van der Waals surface area contributed by atoms with Crippen LogP contribution < -0.4 is 10.5 Å². The number of nitrogen functional groups attached to an aromatic ring is 1. The highest BCUT2D eigenvalue weighted by molar-refractivity contribution is 6.01. The Morgan fingerprint density at radius 1 is 1.33 bits per heavy atom. The number of ketones is 1. The Bertz CT molecular complexity index is 553. The van der Waals surface area contributed by atoms with Gasteiger partial charge in [-0.15, -0.1) is 0 Å². The van der Waals surface area contributed by atoms with Crippen molar-refractivity contribution in [1.82, 2.24) is 4.98 Å². The van der Waals surface area contributed by atoms with Crippen molar-refractivity contribution in [3.8, 4) is 5.75 Å². The molecule has 1 aromatic carbocycles.